The maximum Gasteiger partial charge on any atom is 0.209 e. The Bertz CT molecular complexity index is 1170. The number of oxime groups is 1. The van der Waals surface area contributed by atoms with E-state index in [1.165, 1.54) is 30.0 Å². The quantitative estimate of drug-likeness (QED) is 0.693. The lowest BCUT2D eigenvalue weighted by Gasteiger charge is -2.20. The molecule has 1 fully saturated rings. The highest BCUT2D eigenvalue weighted by Gasteiger charge is 2.47. The Morgan fingerprint density at radius 3 is 2.41 bits per heavy atom. The first-order valence-electron chi connectivity index (χ1n) is 9.83. The van der Waals surface area contributed by atoms with Gasteiger partial charge in [0.05, 0.1) is 30.8 Å². The molecular formula is C21H21F4N3O3S. The van der Waals surface area contributed by atoms with Crippen molar-refractivity contribution < 1.29 is 30.8 Å². The van der Waals surface area contributed by atoms with Crippen molar-refractivity contribution in [2.45, 2.75) is 31.2 Å². The third-order valence-corrected chi connectivity index (χ3v) is 6.32. The van der Waals surface area contributed by atoms with Crippen LogP contribution < -0.4 is 4.72 Å². The molecule has 2 aliphatic heterocycles. The van der Waals surface area contributed by atoms with Crippen LogP contribution in [0, 0.1) is 17.5 Å². The standard InChI is InChI=1S/C21H21F4N3O3S/c1-21(25)11-28(10-17(21)27-32(2,29)30)18-9-16(31-26-18)20-12(5-3-6-15(20)24)19-13(22)7-4-8-14(19)23/h3-8,16-17,27H,9-11H2,1-2H3/t16?,17-,21+/m1/s1. The van der Waals surface area contributed by atoms with Gasteiger partial charge in [0.25, 0.3) is 0 Å². The summed E-state index contributed by atoms with van der Waals surface area (Å²) in [5.41, 5.74) is -2.32. The van der Waals surface area contributed by atoms with E-state index in [0.29, 0.717) is 5.84 Å². The van der Waals surface area contributed by atoms with Crippen LogP contribution in [0.4, 0.5) is 17.6 Å². The van der Waals surface area contributed by atoms with E-state index < -0.39 is 45.3 Å². The summed E-state index contributed by atoms with van der Waals surface area (Å²) in [6.07, 6.45) is -0.0291. The summed E-state index contributed by atoms with van der Waals surface area (Å²) in [7, 11) is -3.64. The molecule has 2 aromatic carbocycles. The first-order valence-corrected chi connectivity index (χ1v) is 11.7. The van der Waals surface area contributed by atoms with Crippen LogP contribution in [0.5, 0.6) is 0 Å². The van der Waals surface area contributed by atoms with Crippen LogP contribution in [0.25, 0.3) is 11.1 Å². The van der Waals surface area contributed by atoms with Crippen molar-refractivity contribution in [2.24, 2.45) is 5.16 Å². The van der Waals surface area contributed by atoms with Crippen LogP contribution in [0.2, 0.25) is 0 Å². The molecule has 0 saturated carbocycles. The number of halogens is 4. The number of amidine groups is 1. The lowest BCUT2D eigenvalue weighted by atomic mass is 9.93. The van der Waals surface area contributed by atoms with Gasteiger partial charge in [-0.2, -0.15) is 0 Å². The zero-order chi connectivity index (χ0) is 23.3. The summed E-state index contributed by atoms with van der Waals surface area (Å²) < 4.78 is 83.9. The van der Waals surface area contributed by atoms with Crippen molar-refractivity contribution in [3.05, 3.63) is 59.4 Å². The van der Waals surface area contributed by atoms with Gasteiger partial charge in [0.2, 0.25) is 10.0 Å². The van der Waals surface area contributed by atoms with Gasteiger partial charge in [-0.15, -0.1) is 0 Å². The Balaban J connectivity index is 1.60. The lowest BCUT2D eigenvalue weighted by Crippen LogP contribution is -2.47. The van der Waals surface area contributed by atoms with Crippen LogP contribution in [0.3, 0.4) is 0 Å². The highest BCUT2D eigenvalue weighted by Crippen LogP contribution is 2.40. The molecule has 0 bridgehead atoms. The molecule has 1 unspecified atom stereocenters. The number of rotatable bonds is 4. The third kappa shape index (κ3) is 4.31. The van der Waals surface area contributed by atoms with Gasteiger partial charge < -0.3 is 9.74 Å². The maximum atomic E-state index is 15.0. The van der Waals surface area contributed by atoms with E-state index in [1.807, 2.05) is 0 Å². The summed E-state index contributed by atoms with van der Waals surface area (Å²) in [5.74, 6) is -2.13. The van der Waals surface area contributed by atoms with Crippen molar-refractivity contribution in [3.63, 3.8) is 0 Å². The van der Waals surface area contributed by atoms with Crippen LogP contribution in [-0.4, -0.2) is 50.2 Å². The maximum absolute atomic E-state index is 15.0. The van der Waals surface area contributed by atoms with E-state index in [2.05, 4.69) is 9.88 Å². The molecule has 0 amide bonds. The van der Waals surface area contributed by atoms with Gasteiger partial charge >= 0.3 is 0 Å². The predicted molar refractivity (Wildman–Crippen MR) is 110 cm³/mol. The van der Waals surface area contributed by atoms with Crippen molar-refractivity contribution in [1.29, 1.82) is 0 Å². The summed E-state index contributed by atoms with van der Waals surface area (Å²) in [5, 5.41) is 3.94. The fraction of sp³-hybridized carbons (Fsp3) is 0.381. The van der Waals surface area contributed by atoms with Gasteiger partial charge in [0, 0.05) is 12.1 Å². The molecule has 4 rings (SSSR count). The molecule has 0 aromatic heterocycles. The van der Waals surface area contributed by atoms with Gasteiger partial charge in [-0.3, -0.25) is 0 Å². The Labute approximate surface area is 182 Å². The highest BCUT2D eigenvalue weighted by atomic mass is 32.2. The summed E-state index contributed by atoms with van der Waals surface area (Å²) in [6, 6.07) is 6.24. The second-order valence-corrected chi connectivity index (χ2v) is 9.98. The van der Waals surface area contributed by atoms with Crippen LogP contribution >= 0.6 is 0 Å². The van der Waals surface area contributed by atoms with Crippen LogP contribution in [-0.2, 0) is 14.9 Å². The van der Waals surface area contributed by atoms with Gasteiger partial charge in [-0.25, -0.2) is 30.7 Å². The van der Waals surface area contributed by atoms with Gasteiger partial charge in [0.15, 0.2) is 6.10 Å². The van der Waals surface area contributed by atoms with E-state index in [4.69, 9.17) is 4.84 Å². The Kier molecular flexibility index (Phi) is 5.66. The SMILES string of the molecule is C[C@]1(F)CN(C2=NOC(c3c(F)cccc3-c3c(F)cccc3F)C2)C[C@H]1NS(C)(=O)=O. The Morgan fingerprint density at radius 1 is 1.12 bits per heavy atom. The Morgan fingerprint density at radius 2 is 1.75 bits per heavy atom. The molecule has 0 aliphatic carbocycles. The van der Waals surface area contributed by atoms with Gasteiger partial charge in [0.1, 0.15) is 29.0 Å². The minimum atomic E-state index is -3.64. The number of hydrogen-bond donors (Lipinski definition) is 1. The van der Waals surface area contributed by atoms with E-state index in [1.54, 1.807) is 0 Å². The number of sulfonamides is 1. The average molecular weight is 471 g/mol. The van der Waals surface area contributed by atoms with Crippen LogP contribution in [0.15, 0.2) is 41.6 Å². The molecule has 0 radical (unpaired) electrons. The number of nitrogens with zero attached hydrogens (tertiary/aromatic N) is 2. The number of benzene rings is 2. The number of nitrogens with one attached hydrogen (secondary N) is 1. The van der Waals surface area contributed by atoms with Crippen molar-refractivity contribution in [3.8, 4) is 11.1 Å². The first kappa shape index (κ1) is 22.5. The largest absolute Gasteiger partial charge is 0.386 e. The predicted octanol–water partition coefficient (Wildman–Crippen LogP) is 3.51. The zero-order valence-corrected chi connectivity index (χ0v) is 18.1. The summed E-state index contributed by atoms with van der Waals surface area (Å²) in [4.78, 5) is 6.91. The molecule has 2 aromatic rings. The van der Waals surface area contributed by atoms with Crippen molar-refractivity contribution in [2.75, 3.05) is 19.3 Å². The average Bonchev–Trinajstić information content (AvgIpc) is 3.25. The van der Waals surface area contributed by atoms with Crippen molar-refractivity contribution in [1.82, 2.24) is 9.62 Å². The molecule has 2 aliphatic rings. The van der Waals surface area contributed by atoms with E-state index >= 15 is 0 Å². The summed E-state index contributed by atoms with van der Waals surface area (Å²) in [6.45, 7) is 1.13. The molecule has 32 heavy (non-hydrogen) atoms. The van der Waals surface area contributed by atoms with E-state index in [0.717, 1.165) is 24.5 Å². The first-order chi connectivity index (χ1) is 15.0. The number of hydrogen-bond acceptors (Lipinski definition) is 5. The molecule has 0 spiro atoms. The van der Waals surface area contributed by atoms with E-state index in [-0.39, 0.29) is 36.2 Å². The zero-order valence-electron chi connectivity index (χ0n) is 17.3. The fourth-order valence-corrected chi connectivity index (χ4v) is 4.95. The molecule has 1 N–H and O–H groups in total. The normalized spacial score (nSPS) is 25.7. The molecule has 2 heterocycles. The molecule has 1 saturated heterocycles. The molecule has 11 heteroatoms. The third-order valence-electron chi connectivity index (χ3n) is 5.61. The van der Waals surface area contributed by atoms with Gasteiger partial charge in [-0.05, 0) is 30.7 Å². The summed E-state index contributed by atoms with van der Waals surface area (Å²) >= 11 is 0. The highest BCUT2D eigenvalue weighted by molar-refractivity contribution is 7.88. The Hall–Kier alpha value is -2.66. The smallest absolute Gasteiger partial charge is 0.209 e. The molecule has 3 atom stereocenters. The van der Waals surface area contributed by atoms with Gasteiger partial charge in [-0.1, -0.05) is 23.4 Å². The minimum absolute atomic E-state index is 0.00105. The molecule has 172 valence electrons. The minimum Gasteiger partial charge on any atom is -0.386 e. The molecular weight excluding hydrogens is 450 g/mol. The number of likely N-dealkylation sites (tertiary alicyclic amines) is 1. The van der Waals surface area contributed by atoms with Crippen LogP contribution in [0.1, 0.15) is 25.0 Å². The second kappa shape index (κ2) is 8.04. The fourth-order valence-electron chi connectivity index (χ4n) is 4.12. The molecule has 6 nitrogen and oxygen atoms in total. The topological polar surface area (TPSA) is 71.0 Å². The van der Waals surface area contributed by atoms with Crippen molar-refractivity contribution >= 4 is 15.9 Å². The number of alkyl halides is 1. The lowest BCUT2D eigenvalue weighted by molar-refractivity contribution is 0.0832. The monoisotopic (exact) mass is 471 g/mol. The van der Waals surface area contributed by atoms with E-state index in [9.17, 15) is 26.0 Å². The second-order valence-electron chi connectivity index (χ2n) is 8.20.